The largest absolute Gasteiger partial charge is 0.290 e. The molecule has 31 heavy (non-hydrogen) atoms. The Morgan fingerprint density at radius 2 is 0.516 bits per heavy atom. The zero-order chi connectivity index (χ0) is 22.7. The maximum absolute atomic E-state index is 8.63. The van der Waals surface area contributed by atoms with Gasteiger partial charge in [-0.3, -0.25) is 10.4 Å². The van der Waals surface area contributed by atoms with Crippen molar-refractivity contribution in [1.82, 2.24) is 5.23 Å². The molecule has 0 amide bonds. The molecule has 0 aromatic rings. The van der Waals surface area contributed by atoms with E-state index < -0.39 is 0 Å². The third-order valence-electron chi connectivity index (χ3n) is 6.71. The Morgan fingerprint density at radius 1 is 0.323 bits per heavy atom. The van der Waals surface area contributed by atoms with Crippen molar-refractivity contribution in [2.75, 3.05) is 6.54 Å². The topological polar surface area (TPSA) is 43.7 Å². The summed E-state index contributed by atoms with van der Waals surface area (Å²) in [7, 11) is 0. The van der Waals surface area contributed by atoms with Gasteiger partial charge in [-0.2, -0.15) is 0 Å². The van der Waals surface area contributed by atoms with Gasteiger partial charge < -0.3 is 0 Å². The van der Waals surface area contributed by atoms with Gasteiger partial charge in [0.15, 0.2) is 0 Å². The molecule has 0 unspecified atom stereocenters. The van der Waals surface area contributed by atoms with E-state index in [1.165, 1.54) is 154 Å². The molecule has 0 aliphatic carbocycles. The summed E-state index contributed by atoms with van der Waals surface area (Å²) >= 11 is 0. The lowest BCUT2D eigenvalue weighted by molar-refractivity contribution is -0.306. The summed E-state index contributed by atoms with van der Waals surface area (Å²) in [5.74, 6) is 0. The van der Waals surface area contributed by atoms with Crippen molar-refractivity contribution in [2.45, 2.75) is 174 Å². The van der Waals surface area contributed by atoms with Gasteiger partial charge >= 0.3 is 0 Å². The van der Waals surface area contributed by atoms with E-state index in [2.05, 4.69) is 6.92 Å². The Hall–Kier alpha value is -0.120. The number of rotatable bonds is 27. The van der Waals surface area contributed by atoms with Crippen molar-refractivity contribution >= 4 is 0 Å². The zero-order valence-electron chi connectivity index (χ0n) is 21.4. The summed E-state index contributed by atoms with van der Waals surface area (Å²) in [4.78, 5) is 0. The normalized spacial score (nSPS) is 11.6. The second kappa shape index (κ2) is 27.9. The molecule has 0 heterocycles. The monoisotopic (exact) mass is 441 g/mol. The molecule has 0 atom stereocenters. The van der Waals surface area contributed by atoms with Crippen molar-refractivity contribution in [2.24, 2.45) is 0 Å². The third-order valence-corrected chi connectivity index (χ3v) is 6.71. The van der Waals surface area contributed by atoms with Gasteiger partial charge in [-0.05, 0) is 6.42 Å². The van der Waals surface area contributed by atoms with Crippen LogP contribution in [0, 0.1) is 0 Å². The highest BCUT2D eigenvalue weighted by atomic mass is 16.8. The molecule has 3 heteroatoms. The Kier molecular flexibility index (Phi) is 27.8. The quantitative estimate of drug-likeness (QED) is 0.0983. The van der Waals surface area contributed by atoms with Crippen molar-refractivity contribution in [3.8, 4) is 0 Å². The van der Waals surface area contributed by atoms with Gasteiger partial charge in [-0.15, -0.1) is 0 Å². The first-order valence-electron chi connectivity index (χ1n) is 14.4. The van der Waals surface area contributed by atoms with Gasteiger partial charge in [0.05, 0.1) is 6.54 Å². The average molecular weight is 442 g/mol. The zero-order valence-corrected chi connectivity index (χ0v) is 21.4. The molecule has 0 aromatic carbocycles. The molecule has 0 fully saturated rings. The van der Waals surface area contributed by atoms with Gasteiger partial charge in [0.2, 0.25) is 0 Å². The standard InChI is InChI=1S/C28H59NO2/c1-2-3-4-5-6-7-8-9-10-11-12-13-14-15-16-17-18-19-20-21-22-23-24-25-26-27-28-29(30)31/h30-31H,2-28H2,1H3. The second-order valence-corrected chi connectivity index (χ2v) is 9.93. The SMILES string of the molecule is CCCCCCCCCCCCCCCCCCCCCCCCCCCCN(O)O. The highest BCUT2D eigenvalue weighted by Crippen LogP contribution is 2.15. The highest BCUT2D eigenvalue weighted by molar-refractivity contribution is 4.52. The lowest BCUT2D eigenvalue weighted by Gasteiger charge is -2.05. The fourth-order valence-corrected chi connectivity index (χ4v) is 4.57. The summed E-state index contributed by atoms with van der Waals surface area (Å²) in [6.07, 6.45) is 36.3. The van der Waals surface area contributed by atoms with E-state index in [1.807, 2.05) is 0 Å². The van der Waals surface area contributed by atoms with E-state index in [4.69, 9.17) is 10.4 Å². The second-order valence-electron chi connectivity index (χ2n) is 9.93. The fraction of sp³-hybridized carbons (Fsp3) is 1.00. The molecule has 0 aromatic heterocycles. The van der Waals surface area contributed by atoms with Gasteiger partial charge in [0.25, 0.3) is 0 Å². The first-order valence-corrected chi connectivity index (χ1v) is 14.4. The molecule has 0 aliphatic heterocycles. The molecule has 0 aliphatic rings. The van der Waals surface area contributed by atoms with Crippen LogP contribution in [0.3, 0.4) is 0 Å². The van der Waals surface area contributed by atoms with Gasteiger partial charge in [0.1, 0.15) is 0 Å². The summed E-state index contributed by atoms with van der Waals surface area (Å²) in [5, 5.41) is 17.6. The van der Waals surface area contributed by atoms with Crippen LogP contribution in [0.5, 0.6) is 0 Å². The molecule has 0 bridgehead atoms. The molecule has 0 spiro atoms. The molecule has 0 saturated heterocycles. The van der Waals surface area contributed by atoms with Crippen molar-refractivity contribution in [1.29, 1.82) is 0 Å². The predicted octanol–water partition coefficient (Wildman–Crippen LogP) is 10.2. The number of unbranched alkanes of at least 4 members (excludes halogenated alkanes) is 25. The van der Waals surface area contributed by atoms with Crippen LogP contribution in [0.1, 0.15) is 174 Å². The van der Waals surface area contributed by atoms with E-state index in [-0.39, 0.29) is 0 Å². The minimum Gasteiger partial charge on any atom is -0.290 e. The summed E-state index contributed by atoms with van der Waals surface area (Å²) in [6.45, 7) is 2.67. The van der Waals surface area contributed by atoms with Crippen LogP contribution < -0.4 is 0 Å². The van der Waals surface area contributed by atoms with E-state index in [1.54, 1.807) is 0 Å². The van der Waals surface area contributed by atoms with E-state index in [0.29, 0.717) is 11.8 Å². The van der Waals surface area contributed by atoms with E-state index >= 15 is 0 Å². The lowest BCUT2D eigenvalue weighted by atomic mass is 10.0. The number of hydrogen-bond donors (Lipinski definition) is 2. The first-order chi connectivity index (χ1) is 15.3. The molecule has 3 nitrogen and oxygen atoms in total. The number of nitrogens with zero attached hydrogens (tertiary/aromatic N) is 1. The Labute approximate surface area is 196 Å². The minimum atomic E-state index is 0.305. The third kappa shape index (κ3) is 29.9. The van der Waals surface area contributed by atoms with Crippen LogP contribution in [0.15, 0.2) is 0 Å². The number of hydroxylamine groups is 2. The minimum absolute atomic E-state index is 0.305. The van der Waals surface area contributed by atoms with Crippen LogP contribution in [-0.2, 0) is 0 Å². The molecule has 0 radical (unpaired) electrons. The van der Waals surface area contributed by atoms with Crippen LogP contribution in [0.25, 0.3) is 0 Å². The number of hydrogen-bond acceptors (Lipinski definition) is 3. The van der Waals surface area contributed by atoms with E-state index in [0.717, 1.165) is 12.8 Å². The molecule has 0 saturated carbocycles. The van der Waals surface area contributed by atoms with E-state index in [9.17, 15) is 0 Å². The van der Waals surface area contributed by atoms with Gasteiger partial charge in [-0.25, -0.2) is 0 Å². The first kappa shape index (κ1) is 30.9. The Morgan fingerprint density at radius 3 is 0.710 bits per heavy atom. The maximum atomic E-state index is 8.63. The van der Waals surface area contributed by atoms with Gasteiger partial charge in [-0.1, -0.05) is 173 Å². The lowest BCUT2D eigenvalue weighted by Crippen LogP contribution is -2.14. The van der Waals surface area contributed by atoms with Crippen LogP contribution in [0.2, 0.25) is 0 Å². The predicted molar refractivity (Wildman–Crippen MR) is 136 cm³/mol. The maximum Gasteiger partial charge on any atom is 0.0512 e. The summed E-state index contributed by atoms with van der Waals surface area (Å²) in [5.41, 5.74) is 0. The van der Waals surface area contributed by atoms with Crippen LogP contribution in [-0.4, -0.2) is 22.2 Å². The van der Waals surface area contributed by atoms with Crippen molar-refractivity contribution in [3.05, 3.63) is 0 Å². The molecule has 2 N–H and O–H groups in total. The molecular formula is C28H59NO2. The van der Waals surface area contributed by atoms with Crippen LogP contribution in [0.4, 0.5) is 0 Å². The van der Waals surface area contributed by atoms with Crippen molar-refractivity contribution in [3.63, 3.8) is 0 Å². The summed E-state index contributed by atoms with van der Waals surface area (Å²) in [6, 6.07) is 0. The van der Waals surface area contributed by atoms with Crippen molar-refractivity contribution < 1.29 is 10.4 Å². The smallest absolute Gasteiger partial charge is 0.0512 e. The highest BCUT2D eigenvalue weighted by Gasteiger charge is 1.97. The molecule has 0 rings (SSSR count). The Bertz CT molecular complexity index is 309. The fourth-order valence-electron chi connectivity index (χ4n) is 4.57. The summed E-state index contributed by atoms with van der Waals surface area (Å²) < 4.78 is 0. The molecular weight excluding hydrogens is 382 g/mol. The van der Waals surface area contributed by atoms with Crippen LogP contribution >= 0.6 is 0 Å². The molecule has 188 valence electrons. The van der Waals surface area contributed by atoms with Gasteiger partial charge in [0, 0.05) is 0 Å². The Balaban J connectivity index is 2.99. The average Bonchev–Trinajstić information content (AvgIpc) is 2.76.